The zero-order chi connectivity index (χ0) is 14.5. The van der Waals surface area contributed by atoms with Crippen molar-refractivity contribution in [1.82, 2.24) is 4.90 Å². The monoisotopic (exact) mass is 295 g/mol. The number of rotatable bonds is 4. The van der Waals surface area contributed by atoms with E-state index in [2.05, 4.69) is 42.0 Å². The molecule has 0 aromatic heterocycles. The molecule has 0 spiro atoms. The Kier molecular flexibility index (Phi) is 5.70. The van der Waals surface area contributed by atoms with E-state index in [4.69, 9.17) is 17.3 Å². The van der Waals surface area contributed by atoms with Crippen molar-refractivity contribution in [1.29, 1.82) is 0 Å². The summed E-state index contributed by atoms with van der Waals surface area (Å²) in [6.07, 6.45) is 3.22. The van der Waals surface area contributed by atoms with Crippen molar-refractivity contribution in [3.8, 4) is 0 Å². The van der Waals surface area contributed by atoms with E-state index >= 15 is 0 Å². The molecular weight excluding hydrogens is 270 g/mol. The topological polar surface area (TPSA) is 32.5 Å². The highest BCUT2D eigenvalue weighted by Gasteiger charge is 2.23. The highest BCUT2D eigenvalue weighted by atomic mass is 35.5. The first-order chi connectivity index (χ1) is 9.65. The summed E-state index contributed by atoms with van der Waals surface area (Å²) in [5.41, 5.74) is 8.01. The normalized spacial score (nSPS) is 21.0. The lowest BCUT2D eigenvalue weighted by Crippen LogP contribution is -2.40. The van der Waals surface area contributed by atoms with E-state index in [0.29, 0.717) is 12.6 Å². The summed E-state index contributed by atoms with van der Waals surface area (Å²) in [4.78, 5) is 4.91. The molecule has 1 fully saturated rings. The Morgan fingerprint density at radius 3 is 2.80 bits per heavy atom. The lowest BCUT2D eigenvalue weighted by Gasteiger charge is -2.33. The van der Waals surface area contributed by atoms with Crippen LogP contribution < -0.4 is 10.6 Å². The van der Waals surface area contributed by atoms with Crippen LogP contribution in [0.4, 0.5) is 5.69 Å². The predicted molar refractivity (Wildman–Crippen MR) is 87.7 cm³/mol. The van der Waals surface area contributed by atoms with Crippen LogP contribution in [-0.2, 0) is 6.42 Å². The lowest BCUT2D eigenvalue weighted by molar-refractivity contribution is 0.328. The molecule has 0 aliphatic carbocycles. The molecule has 0 saturated carbocycles. The zero-order valence-corrected chi connectivity index (χ0v) is 13.4. The summed E-state index contributed by atoms with van der Waals surface area (Å²) < 4.78 is 0. The first kappa shape index (κ1) is 15.6. The van der Waals surface area contributed by atoms with Crippen molar-refractivity contribution < 1.29 is 0 Å². The number of nitrogens with two attached hydrogens (primary N) is 1. The zero-order valence-electron chi connectivity index (χ0n) is 12.6. The molecule has 1 heterocycles. The van der Waals surface area contributed by atoms with Crippen LogP contribution in [-0.4, -0.2) is 44.2 Å². The minimum Gasteiger partial charge on any atom is -0.366 e. The second-order valence-corrected chi connectivity index (χ2v) is 6.10. The SMILES string of the molecule is CCC1CN(C)CCCN1c1ccc(CCN)cc1Cl. The van der Waals surface area contributed by atoms with E-state index in [1.165, 1.54) is 17.7 Å². The van der Waals surface area contributed by atoms with E-state index in [1.807, 2.05) is 0 Å². The molecule has 0 radical (unpaired) electrons. The van der Waals surface area contributed by atoms with Gasteiger partial charge in [-0.25, -0.2) is 0 Å². The summed E-state index contributed by atoms with van der Waals surface area (Å²) in [6.45, 7) is 6.28. The number of hydrogen-bond donors (Lipinski definition) is 1. The Morgan fingerprint density at radius 1 is 1.35 bits per heavy atom. The molecule has 1 aliphatic heterocycles. The molecule has 1 aromatic carbocycles. The third-order valence-corrected chi connectivity index (χ3v) is 4.43. The van der Waals surface area contributed by atoms with Crippen molar-refractivity contribution in [2.24, 2.45) is 5.73 Å². The van der Waals surface area contributed by atoms with Crippen LogP contribution in [0.25, 0.3) is 0 Å². The van der Waals surface area contributed by atoms with Gasteiger partial charge in [-0.2, -0.15) is 0 Å². The molecule has 0 amide bonds. The van der Waals surface area contributed by atoms with Crippen LogP contribution in [0.15, 0.2) is 18.2 Å². The third-order valence-electron chi connectivity index (χ3n) is 4.13. The molecule has 3 nitrogen and oxygen atoms in total. The average molecular weight is 296 g/mol. The van der Waals surface area contributed by atoms with Gasteiger partial charge in [-0.3, -0.25) is 0 Å². The number of likely N-dealkylation sites (N-methyl/N-ethyl adjacent to an activating group) is 1. The van der Waals surface area contributed by atoms with Crippen LogP contribution >= 0.6 is 11.6 Å². The summed E-state index contributed by atoms with van der Waals surface area (Å²) in [6, 6.07) is 6.95. The van der Waals surface area contributed by atoms with Gasteiger partial charge in [-0.05, 0) is 57.1 Å². The van der Waals surface area contributed by atoms with Crippen molar-refractivity contribution >= 4 is 17.3 Å². The predicted octanol–water partition coefficient (Wildman–Crippen LogP) is 2.76. The Bertz CT molecular complexity index is 436. The Hall–Kier alpha value is -0.770. The molecule has 2 N–H and O–H groups in total. The molecule has 4 heteroatoms. The van der Waals surface area contributed by atoms with E-state index in [1.54, 1.807) is 0 Å². The van der Waals surface area contributed by atoms with E-state index in [-0.39, 0.29) is 0 Å². The van der Waals surface area contributed by atoms with Crippen LogP contribution in [0, 0.1) is 0 Å². The molecule has 20 heavy (non-hydrogen) atoms. The number of nitrogens with zero attached hydrogens (tertiary/aromatic N) is 2. The van der Waals surface area contributed by atoms with Gasteiger partial charge >= 0.3 is 0 Å². The molecule has 112 valence electrons. The van der Waals surface area contributed by atoms with Gasteiger partial charge in [0.25, 0.3) is 0 Å². The van der Waals surface area contributed by atoms with Gasteiger partial charge in [0, 0.05) is 19.1 Å². The maximum Gasteiger partial charge on any atom is 0.0642 e. The number of benzene rings is 1. The van der Waals surface area contributed by atoms with E-state index in [9.17, 15) is 0 Å². The standard InChI is InChI=1S/C16H26ClN3/c1-3-14-12-19(2)9-4-10-20(14)16-6-5-13(7-8-18)11-15(16)17/h5-6,11,14H,3-4,7-10,12,18H2,1-2H3. The van der Waals surface area contributed by atoms with Gasteiger partial charge < -0.3 is 15.5 Å². The van der Waals surface area contributed by atoms with Gasteiger partial charge in [-0.15, -0.1) is 0 Å². The Labute approximate surface area is 127 Å². The largest absolute Gasteiger partial charge is 0.366 e. The molecule has 1 aromatic rings. The van der Waals surface area contributed by atoms with Crippen molar-refractivity contribution in [3.05, 3.63) is 28.8 Å². The summed E-state index contributed by atoms with van der Waals surface area (Å²) >= 11 is 6.51. The highest BCUT2D eigenvalue weighted by molar-refractivity contribution is 6.33. The van der Waals surface area contributed by atoms with Crippen molar-refractivity contribution in [3.63, 3.8) is 0 Å². The Balaban J connectivity index is 2.23. The number of anilines is 1. The lowest BCUT2D eigenvalue weighted by atomic mass is 10.1. The molecule has 0 bridgehead atoms. The van der Waals surface area contributed by atoms with Gasteiger partial charge in [0.15, 0.2) is 0 Å². The van der Waals surface area contributed by atoms with Gasteiger partial charge in [0.1, 0.15) is 0 Å². The fourth-order valence-corrected chi connectivity index (χ4v) is 3.33. The molecular formula is C16H26ClN3. The third kappa shape index (κ3) is 3.66. The molecule has 1 saturated heterocycles. The second-order valence-electron chi connectivity index (χ2n) is 5.70. The van der Waals surface area contributed by atoms with E-state index < -0.39 is 0 Å². The quantitative estimate of drug-likeness (QED) is 0.927. The van der Waals surface area contributed by atoms with Crippen LogP contribution in [0.1, 0.15) is 25.3 Å². The van der Waals surface area contributed by atoms with Crippen molar-refractivity contribution in [2.45, 2.75) is 32.2 Å². The first-order valence-corrected chi connectivity index (χ1v) is 7.97. The first-order valence-electron chi connectivity index (χ1n) is 7.59. The van der Waals surface area contributed by atoms with Crippen molar-refractivity contribution in [2.75, 3.05) is 38.1 Å². The van der Waals surface area contributed by atoms with E-state index in [0.717, 1.165) is 37.5 Å². The molecule has 1 unspecified atom stereocenters. The fraction of sp³-hybridized carbons (Fsp3) is 0.625. The van der Waals surface area contributed by atoms with Gasteiger partial charge in [0.05, 0.1) is 10.7 Å². The minimum absolute atomic E-state index is 0.542. The van der Waals surface area contributed by atoms with Crippen LogP contribution in [0.3, 0.4) is 0 Å². The smallest absolute Gasteiger partial charge is 0.0642 e. The maximum atomic E-state index is 6.51. The molecule has 1 atom stereocenters. The fourth-order valence-electron chi connectivity index (χ4n) is 3.02. The maximum absolute atomic E-state index is 6.51. The summed E-state index contributed by atoms with van der Waals surface area (Å²) in [5, 5.41) is 0.860. The molecule has 1 aliphatic rings. The highest BCUT2D eigenvalue weighted by Crippen LogP contribution is 2.30. The minimum atomic E-state index is 0.542. The molecule has 2 rings (SSSR count). The van der Waals surface area contributed by atoms with Gasteiger partial charge in [-0.1, -0.05) is 24.6 Å². The number of hydrogen-bond acceptors (Lipinski definition) is 3. The number of halogens is 1. The summed E-state index contributed by atoms with van der Waals surface area (Å²) in [5.74, 6) is 0. The Morgan fingerprint density at radius 2 is 2.15 bits per heavy atom. The average Bonchev–Trinajstić information content (AvgIpc) is 2.61. The van der Waals surface area contributed by atoms with Crippen LogP contribution in [0.2, 0.25) is 5.02 Å². The summed E-state index contributed by atoms with van der Waals surface area (Å²) in [7, 11) is 2.21. The van der Waals surface area contributed by atoms with Gasteiger partial charge in [0.2, 0.25) is 0 Å². The second kappa shape index (κ2) is 7.30. The van der Waals surface area contributed by atoms with Crippen LogP contribution in [0.5, 0.6) is 0 Å².